The lowest BCUT2D eigenvalue weighted by Gasteiger charge is -2.33. The van der Waals surface area contributed by atoms with Gasteiger partial charge in [-0.2, -0.15) is 0 Å². The summed E-state index contributed by atoms with van der Waals surface area (Å²) in [6, 6.07) is 4.05. The molecule has 1 saturated heterocycles. The Balaban J connectivity index is 2.30. The molecule has 0 aliphatic carbocycles. The van der Waals surface area contributed by atoms with E-state index in [-0.39, 0.29) is 11.5 Å². The van der Waals surface area contributed by atoms with Crippen molar-refractivity contribution >= 4 is 5.91 Å². The van der Waals surface area contributed by atoms with Crippen LogP contribution in [0.25, 0.3) is 0 Å². The molecule has 0 bridgehead atoms. The average molecular weight is 326 g/mol. The fraction of sp³-hybridized carbons (Fsp3) is 0.588. The molecule has 6 heteroatoms. The maximum atomic E-state index is 14.3. The van der Waals surface area contributed by atoms with Gasteiger partial charge in [-0.15, -0.1) is 0 Å². The van der Waals surface area contributed by atoms with E-state index in [1.807, 2.05) is 6.92 Å². The first-order valence-corrected chi connectivity index (χ1v) is 8.14. The van der Waals surface area contributed by atoms with Crippen LogP contribution in [0, 0.1) is 17.6 Å². The molecule has 23 heavy (non-hydrogen) atoms. The van der Waals surface area contributed by atoms with Crippen molar-refractivity contribution in [3.8, 4) is 0 Å². The molecule has 3 N–H and O–H groups in total. The number of piperidine rings is 1. The molecule has 4 nitrogen and oxygen atoms in total. The molecule has 1 aromatic carbocycles. The summed E-state index contributed by atoms with van der Waals surface area (Å²) in [5, 5.41) is 3.24. The van der Waals surface area contributed by atoms with Gasteiger partial charge < -0.3 is 15.8 Å². The minimum Gasteiger partial charge on any atom is -0.367 e. The number of carbonyl (C=O) groups excluding carboxylic acids is 1. The molecule has 0 saturated carbocycles. The number of carbonyl (C=O) groups is 1. The van der Waals surface area contributed by atoms with Crippen molar-refractivity contribution in [1.29, 1.82) is 0 Å². The van der Waals surface area contributed by atoms with E-state index in [1.165, 1.54) is 12.1 Å². The van der Waals surface area contributed by atoms with Crippen molar-refractivity contribution in [3.63, 3.8) is 0 Å². The molecule has 2 rings (SSSR count). The molecular weight excluding hydrogens is 302 g/mol. The number of benzene rings is 1. The zero-order chi connectivity index (χ0) is 16.8. The topological polar surface area (TPSA) is 64.3 Å². The fourth-order valence-electron chi connectivity index (χ4n) is 3.03. The molecular formula is C17H24F2N2O2. The van der Waals surface area contributed by atoms with Crippen molar-refractivity contribution in [2.45, 2.75) is 44.8 Å². The van der Waals surface area contributed by atoms with Crippen molar-refractivity contribution in [2.24, 2.45) is 11.7 Å². The van der Waals surface area contributed by atoms with Gasteiger partial charge in [0.05, 0.1) is 6.10 Å². The number of amides is 1. The first kappa shape index (κ1) is 17.8. The van der Waals surface area contributed by atoms with Gasteiger partial charge in [-0.25, -0.2) is 8.78 Å². The van der Waals surface area contributed by atoms with Gasteiger partial charge in [0, 0.05) is 18.0 Å². The lowest BCUT2D eigenvalue weighted by molar-refractivity contribution is -0.137. The molecule has 1 aromatic rings. The maximum Gasteiger partial charge on any atom is 0.246 e. The average Bonchev–Trinajstić information content (AvgIpc) is 2.55. The highest BCUT2D eigenvalue weighted by atomic mass is 19.2. The van der Waals surface area contributed by atoms with E-state index in [0.717, 1.165) is 31.9 Å². The number of ether oxygens (including phenoxy) is 1. The summed E-state index contributed by atoms with van der Waals surface area (Å²) < 4.78 is 33.8. The van der Waals surface area contributed by atoms with Crippen LogP contribution in [-0.2, 0) is 9.53 Å². The standard InChI is InChI=1S/C17H24F2N2O2/c1-2-5-14(17(20)22)23-16(11-6-4-9-21-10-11)12-7-3-8-13(18)15(12)19/h3,7-8,11,14,16,21H,2,4-6,9-10H2,1H3,(H2,20,22). The minimum atomic E-state index is -0.914. The van der Waals surface area contributed by atoms with E-state index in [1.54, 1.807) is 0 Å². The van der Waals surface area contributed by atoms with Gasteiger partial charge in [-0.05, 0) is 31.9 Å². The molecule has 3 atom stereocenters. The second-order valence-corrected chi connectivity index (χ2v) is 5.99. The van der Waals surface area contributed by atoms with Gasteiger partial charge >= 0.3 is 0 Å². The SMILES string of the molecule is CCCC(OC(c1cccc(F)c1F)C1CCCNC1)C(N)=O. The number of nitrogens with two attached hydrogens (primary N) is 1. The van der Waals surface area contributed by atoms with Crippen LogP contribution in [0.1, 0.15) is 44.3 Å². The first-order valence-electron chi connectivity index (χ1n) is 8.14. The summed E-state index contributed by atoms with van der Waals surface area (Å²) >= 11 is 0. The van der Waals surface area contributed by atoms with E-state index in [9.17, 15) is 13.6 Å². The van der Waals surface area contributed by atoms with E-state index in [0.29, 0.717) is 13.0 Å². The second-order valence-electron chi connectivity index (χ2n) is 5.99. The molecule has 1 aliphatic heterocycles. The predicted octanol–water partition coefficient (Wildman–Crippen LogP) is 2.68. The Morgan fingerprint density at radius 1 is 1.48 bits per heavy atom. The molecule has 1 fully saturated rings. The molecule has 1 heterocycles. The zero-order valence-corrected chi connectivity index (χ0v) is 13.4. The lowest BCUT2D eigenvalue weighted by atomic mass is 9.88. The lowest BCUT2D eigenvalue weighted by Crippen LogP contribution is -2.39. The number of halogens is 2. The summed E-state index contributed by atoms with van der Waals surface area (Å²) in [6.07, 6.45) is 1.44. The van der Waals surface area contributed by atoms with Gasteiger partial charge in [-0.1, -0.05) is 25.5 Å². The Kier molecular flexibility index (Phi) is 6.47. The second kappa shape index (κ2) is 8.36. The van der Waals surface area contributed by atoms with Crippen LogP contribution in [0.2, 0.25) is 0 Å². The Morgan fingerprint density at radius 3 is 2.87 bits per heavy atom. The summed E-state index contributed by atoms with van der Waals surface area (Å²) in [4.78, 5) is 11.6. The molecule has 3 unspecified atom stereocenters. The molecule has 128 valence electrons. The summed E-state index contributed by atoms with van der Waals surface area (Å²) in [6.45, 7) is 3.44. The number of rotatable bonds is 7. The predicted molar refractivity (Wildman–Crippen MR) is 83.7 cm³/mol. The highest BCUT2D eigenvalue weighted by molar-refractivity contribution is 5.78. The van der Waals surface area contributed by atoms with Crippen molar-refractivity contribution in [1.82, 2.24) is 5.32 Å². The van der Waals surface area contributed by atoms with Crippen molar-refractivity contribution < 1.29 is 18.3 Å². The molecule has 0 radical (unpaired) electrons. The van der Waals surface area contributed by atoms with Crippen LogP contribution in [0.4, 0.5) is 8.78 Å². The number of hydrogen-bond acceptors (Lipinski definition) is 3. The summed E-state index contributed by atoms with van der Waals surface area (Å²) in [7, 11) is 0. The van der Waals surface area contributed by atoms with Gasteiger partial charge in [-0.3, -0.25) is 4.79 Å². The number of hydrogen-bond donors (Lipinski definition) is 2. The molecule has 0 spiro atoms. The molecule has 0 aromatic heterocycles. The van der Waals surface area contributed by atoms with Crippen molar-refractivity contribution in [3.05, 3.63) is 35.4 Å². The fourth-order valence-corrected chi connectivity index (χ4v) is 3.03. The summed E-state index contributed by atoms with van der Waals surface area (Å²) in [5.41, 5.74) is 5.55. The number of primary amides is 1. The maximum absolute atomic E-state index is 14.3. The van der Waals surface area contributed by atoms with Gasteiger partial charge in [0.15, 0.2) is 11.6 Å². The Labute approximate surface area is 135 Å². The zero-order valence-electron chi connectivity index (χ0n) is 13.4. The van der Waals surface area contributed by atoms with E-state index in [2.05, 4.69) is 5.32 Å². The third-order valence-electron chi connectivity index (χ3n) is 4.23. The van der Waals surface area contributed by atoms with Gasteiger partial charge in [0.1, 0.15) is 6.10 Å². The Morgan fingerprint density at radius 2 is 2.26 bits per heavy atom. The first-order chi connectivity index (χ1) is 11.0. The quantitative estimate of drug-likeness (QED) is 0.810. The Hall–Kier alpha value is -1.53. The van der Waals surface area contributed by atoms with Crippen molar-refractivity contribution in [2.75, 3.05) is 13.1 Å². The Bertz CT molecular complexity index is 533. The highest BCUT2D eigenvalue weighted by Gasteiger charge is 2.32. The molecule has 1 aliphatic rings. The van der Waals surface area contributed by atoms with Gasteiger partial charge in [0.25, 0.3) is 0 Å². The van der Waals surface area contributed by atoms with Crippen LogP contribution >= 0.6 is 0 Å². The highest BCUT2D eigenvalue weighted by Crippen LogP contribution is 2.34. The smallest absolute Gasteiger partial charge is 0.246 e. The van der Waals surface area contributed by atoms with Crippen LogP contribution in [0.5, 0.6) is 0 Å². The normalized spacial score (nSPS) is 20.9. The van der Waals surface area contributed by atoms with Crippen LogP contribution in [0.15, 0.2) is 18.2 Å². The number of nitrogens with one attached hydrogen (secondary N) is 1. The third kappa shape index (κ3) is 4.48. The summed E-state index contributed by atoms with van der Waals surface area (Å²) in [5.74, 6) is -2.43. The minimum absolute atomic E-state index is 0.0289. The van der Waals surface area contributed by atoms with E-state index < -0.39 is 29.7 Å². The monoisotopic (exact) mass is 326 g/mol. The van der Waals surface area contributed by atoms with Crippen LogP contribution in [-0.4, -0.2) is 25.1 Å². The van der Waals surface area contributed by atoms with E-state index >= 15 is 0 Å². The van der Waals surface area contributed by atoms with Crippen LogP contribution in [0.3, 0.4) is 0 Å². The largest absolute Gasteiger partial charge is 0.367 e. The van der Waals surface area contributed by atoms with E-state index in [4.69, 9.17) is 10.5 Å². The van der Waals surface area contributed by atoms with Crippen LogP contribution < -0.4 is 11.1 Å². The third-order valence-corrected chi connectivity index (χ3v) is 4.23. The molecule has 1 amide bonds. The van der Waals surface area contributed by atoms with Gasteiger partial charge in [0.2, 0.25) is 5.91 Å².